The number of rotatable bonds is 7. The number of aliphatic carboxylic acids is 1. The smallest absolute Gasteiger partial charge is 0.482 e. The monoisotopic (exact) mass is 476 g/mol. The standard InChI is InChI=1S/C26H21FN2O6/c27-22-8-4-7-20-19(22)11-12-29(35-26(32)34-15-17-5-2-1-3-6-17)25(20)21-13-18(14-28)9-10-23(21)33-16-24(30)31/h1-10,13,25H,11-12,15-16H2,(H,30,31). The van der Waals surface area contributed by atoms with E-state index < -0.39 is 30.6 Å². The van der Waals surface area contributed by atoms with Crippen LogP contribution in [0.4, 0.5) is 9.18 Å². The summed E-state index contributed by atoms with van der Waals surface area (Å²) >= 11 is 0. The minimum Gasteiger partial charge on any atom is -0.482 e. The first-order chi connectivity index (χ1) is 17.0. The van der Waals surface area contributed by atoms with E-state index in [0.29, 0.717) is 16.7 Å². The van der Waals surface area contributed by atoms with Gasteiger partial charge < -0.3 is 19.4 Å². The molecule has 4 rings (SSSR count). The van der Waals surface area contributed by atoms with Gasteiger partial charge in [0, 0.05) is 12.1 Å². The molecular formula is C26H21FN2O6. The molecule has 0 spiro atoms. The lowest BCUT2D eigenvalue weighted by molar-refractivity contribution is -0.152. The molecule has 0 aliphatic carbocycles. The number of carboxylic acids is 1. The number of benzene rings is 3. The van der Waals surface area contributed by atoms with Gasteiger partial charge in [-0.1, -0.05) is 42.5 Å². The number of nitriles is 1. The van der Waals surface area contributed by atoms with E-state index in [9.17, 15) is 19.2 Å². The Hall–Kier alpha value is -4.42. The molecule has 8 nitrogen and oxygen atoms in total. The van der Waals surface area contributed by atoms with E-state index in [0.717, 1.165) is 5.56 Å². The first kappa shape index (κ1) is 23.7. The molecule has 9 heteroatoms. The van der Waals surface area contributed by atoms with Crippen LogP contribution in [0.15, 0.2) is 66.7 Å². The predicted octanol–water partition coefficient (Wildman–Crippen LogP) is 4.38. The van der Waals surface area contributed by atoms with Crippen LogP contribution in [0.25, 0.3) is 0 Å². The molecule has 1 unspecified atom stereocenters. The second-order valence-corrected chi connectivity index (χ2v) is 7.76. The van der Waals surface area contributed by atoms with E-state index in [4.69, 9.17) is 19.4 Å². The summed E-state index contributed by atoms with van der Waals surface area (Å²) in [6.45, 7) is -0.490. The van der Waals surface area contributed by atoms with Gasteiger partial charge in [0.1, 0.15) is 24.2 Å². The van der Waals surface area contributed by atoms with Crippen LogP contribution in [0.1, 0.15) is 33.9 Å². The van der Waals surface area contributed by atoms with Crippen LogP contribution in [-0.4, -0.2) is 35.4 Å². The van der Waals surface area contributed by atoms with Crippen molar-refractivity contribution in [3.8, 4) is 11.8 Å². The van der Waals surface area contributed by atoms with Gasteiger partial charge in [-0.15, -0.1) is 5.06 Å². The fourth-order valence-corrected chi connectivity index (χ4v) is 3.96. The zero-order valence-corrected chi connectivity index (χ0v) is 18.5. The number of fused-ring (bicyclic) bond motifs is 1. The van der Waals surface area contributed by atoms with Gasteiger partial charge in [-0.05, 0) is 47.4 Å². The molecule has 0 aromatic heterocycles. The quantitative estimate of drug-likeness (QED) is 0.501. The third kappa shape index (κ3) is 5.57. The van der Waals surface area contributed by atoms with Crippen molar-refractivity contribution in [2.45, 2.75) is 19.1 Å². The van der Waals surface area contributed by atoms with Crippen molar-refractivity contribution in [3.63, 3.8) is 0 Å². The van der Waals surface area contributed by atoms with E-state index in [1.165, 1.54) is 35.4 Å². The highest BCUT2D eigenvalue weighted by atomic mass is 19.1. The predicted molar refractivity (Wildman–Crippen MR) is 121 cm³/mol. The fraction of sp³-hybridized carbons (Fsp3) is 0.192. The summed E-state index contributed by atoms with van der Waals surface area (Å²) in [6.07, 6.45) is -0.698. The highest BCUT2D eigenvalue weighted by molar-refractivity contribution is 5.68. The van der Waals surface area contributed by atoms with E-state index in [1.54, 1.807) is 18.2 Å². The molecule has 3 aromatic rings. The molecule has 0 radical (unpaired) electrons. The maximum atomic E-state index is 14.6. The third-order valence-electron chi connectivity index (χ3n) is 5.50. The van der Waals surface area contributed by atoms with E-state index in [2.05, 4.69) is 0 Å². The summed E-state index contributed by atoms with van der Waals surface area (Å²) in [4.78, 5) is 29.2. The Morgan fingerprint density at radius 3 is 2.63 bits per heavy atom. The fourth-order valence-electron chi connectivity index (χ4n) is 3.96. The number of hydroxylamine groups is 2. The summed E-state index contributed by atoms with van der Waals surface area (Å²) < 4.78 is 25.3. The number of carbonyl (C=O) groups excluding carboxylic acids is 1. The van der Waals surface area contributed by atoms with Gasteiger partial charge in [-0.3, -0.25) is 0 Å². The van der Waals surface area contributed by atoms with Crippen LogP contribution >= 0.6 is 0 Å². The van der Waals surface area contributed by atoms with Crippen LogP contribution in [0.3, 0.4) is 0 Å². The Kier molecular flexibility index (Phi) is 7.24. The molecular weight excluding hydrogens is 455 g/mol. The molecule has 0 amide bonds. The first-order valence-corrected chi connectivity index (χ1v) is 10.8. The van der Waals surface area contributed by atoms with Crippen molar-refractivity contribution in [3.05, 3.63) is 100 Å². The van der Waals surface area contributed by atoms with Crippen LogP contribution < -0.4 is 4.74 Å². The van der Waals surface area contributed by atoms with Gasteiger partial charge in [-0.2, -0.15) is 5.26 Å². The Balaban J connectivity index is 1.68. The van der Waals surface area contributed by atoms with Gasteiger partial charge in [-0.25, -0.2) is 14.0 Å². The van der Waals surface area contributed by atoms with Crippen LogP contribution in [-0.2, 0) is 27.4 Å². The number of halogens is 1. The second-order valence-electron chi connectivity index (χ2n) is 7.76. The summed E-state index contributed by atoms with van der Waals surface area (Å²) in [5.74, 6) is -1.43. The highest BCUT2D eigenvalue weighted by Gasteiger charge is 2.35. The number of hydrogen-bond acceptors (Lipinski definition) is 7. The average Bonchev–Trinajstić information content (AvgIpc) is 2.87. The van der Waals surface area contributed by atoms with E-state index >= 15 is 0 Å². The number of carbonyl (C=O) groups is 2. The Labute approximate surface area is 200 Å². The van der Waals surface area contributed by atoms with Crippen molar-refractivity contribution < 1.29 is 33.4 Å². The molecule has 1 heterocycles. The molecule has 178 valence electrons. The van der Waals surface area contributed by atoms with Gasteiger partial charge in [0.25, 0.3) is 0 Å². The maximum Gasteiger partial charge on any atom is 0.528 e. The van der Waals surface area contributed by atoms with Gasteiger partial charge in [0.15, 0.2) is 6.61 Å². The number of hydrogen-bond donors (Lipinski definition) is 1. The molecule has 1 aliphatic heterocycles. The van der Waals surface area contributed by atoms with Gasteiger partial charge in [0.2, 0.25) is 0 Å². The summed E-state index contributed by atoms with van der Waals surface area (Å²) in [6, 6.07) is 19.3. The third-order valence-corrected chi connectivity index (χ3v) is 5.50. The van der Waals surface area contributed by atoms with Crippen LogP contribution in [0.2, 0.25) is 0 Å². The second kappa shape index (κ2) is 10.7. The largest absolute Gasteiger partial charge is 0.528 e. The van der Waals surface area contributed by atoms with Crippen molar-refractivity contribution in [2.24, 2.45) is 0 Å². The Morgan fingerprint density at radius 1 is 1.09 bits per heavy atom. The topological polar surface area (TPSA) is 109 Å². The maximum absolute atomic E-state index is 14.6. The summed E-state index contributed by atoms with van der Waals surface area (Å²) in [5, 5.41) is 19.8. The summed E-state index contributed by atoms with van der Waals surface area (Å²) in [7, 11) is 0. The highest BCUT2D eigenvalue weighted by Crippen LogP contribution is 2.40. The minimum absolute atomic E-state index is 0.000283. The zero-order chi connectivity index (χ0) is 24.8. The van der Waals surface area contributed by atoms with Crippen molar-refractivity contribution in [1.82, 2.24) is 5.06 Å². The van der Waals surface area contributed by atoms with Crippen molar-refractivity contribution in [2.75, 3.05) is 13.2 Å². The Bertz CT molecular complexity index is 1270. The van der Waals surface area contributed by atoms with Crippen LogP contribution in [0.5, 0.6) is 5.75 Å². The molecule has 0 bridgehead atoms. The lowest BCUT2D eigenvalue weighted by Gasteiger charge is -2.36. The van der Waals surface area contributed by atoms with E-state index in [1.807, 2.05) is 24.3 Å². The SMILES string of the molecule is N#Cc1ccc(OCC(=O)O)c(C2c3cccc(F)c3CCN2OC(=O)OCc2ccccc2)c1. The average molecular weight is 476 g/mol. The molecule has 0 fully saturated rings. The lowest BCUT2D eigenvalue weighted by atomic mass is 9.88. The molecule has 1 atom stereocenters. The summed E-state index contributed by atoms with van der Waals surface area (Å²) in [5.41, 5.74) is 2.34. The van der Waals surface area contributed by atoms with Gasteiger partial charge in [0.05, 0.1) is 11.6 Å². The number of carboxylic acid groups (broad SMARTS) is 1. The molecule has 0 saturated heterocycles. The first-order valence-electron chi connectivity index (χ1n) is 10.8. The van der Waals surface area contributed by atoms with Crippen LogP contribution in [0, 0.1) is 17.1 Å². The Morgan fingerprint density at radius 2 is 1.89 bits per heavy atom. The lowest BCUT2D eigenvalue weighted by Crippen LogP contribution is -2.38. The molecule has 1 aliphatic rings. The number of nitrogens with zero attached hydrogens (tertiary/aromatic N) is 2. The van der Waals surface area contributed by atoms with Gasteiger partial charge >= 0.3 is 12.1 Å². The van der Waals surface area contributed by atoms with Crippen molar-refractivity contribution >= 4 is 12.1 Å². The number of ether oxygens (including phenoxy) is 2. The zero-order valence-electron chi connectivity index (χ0n) is 18.5. The molecule has 1 N–H and O–H groups in total. The van der Waals surface area contributed by atoms with Crippen molar-refractivity contribution in [1.29, 1.82) is 5.26 Å². The molecule has 35 heavy (non-hydrogen) atoms. The molecule has 3 aromatic carbocycles. The van der Waals surface area contributed by atoms with E-state index in [-0.39, 0.29) is 30.9 Å². The minimum atomic E-state index is -1.19. The normalized spacial score (nSPS) is 14.9. The molecule has 0 saturated carbocycles.